The minimum absolute atomic E-state index is 0.671. The van der Waals surface area contributed by atoms with Crippen molar-refractivity contribution < 1.29 is 0 Å². The van der Waals surface area contributed by atoms with E-state index in [0.717, 1.165) is 11.1 Å². The molecule has 0 fully saturated rings. The normalized spacial score (nSPS) is 9.36. The van der Waals surface area contributed by atoms with Crippen LogP contribution in [-0.2, 0) is 0 Å². The van der Waals surface area contributed by atoms with E-state index in [-0.39, 0.29) is 0 Å². The summed E-state index contributed by atoms with van der Waals surface area (Å²) in [5.41, 5.74) is 2.77. The molecule has 1 aromatic heterocycles. The molecule has 0 amide bonds. The number of rotatable bonds is 1. The van der Waals surface area contributed by atoms with E-state index >= 15 is 0 Å². The van der Waals surface area contributed by atoms with E-state index in [9.17, 15) is 0 Å². The van der Waals surface area contributed by atoms with E-state index < -0.39 is 0 Å². The highest BCUT2D eigenvalue weighted by Gasteiger charge is 1.96. The van der Waals surface area contributed by atoms with Crippen LogP contribution in [0.5, 0.6) is 0 Å². The Morgan fingerprint density at radius 3 is 2.43 bits per heavy atom. The molecule has 0 atom stereocenters. The highest BCUT2D eigenvalue weighted by molar-refractivity contribution is 5.62. The first-order valence-electron chi connectivity index (χ1n) is 4.23. The van der Waals surface area contributed by atoms with Gasteiger partial charge in [-0.1, -0.05) is 18.2 Å². The topological polar surface area (TPSA) is 36.7 Å². The third-order valence-corrected chi connectivity index (χ3v) is 1.96. The van der Waals surface area contributed by atoms with E-state index in [1.165, 1.54) is 0 Å². The van der Waals surface area contributed by atoms with Gasteiger partial charge in [0, 0.05) is 11.8 Å². The number of nitrogens with zero attached hydrogens (tertiary/aromatic N) is 2. The van der Waals surface area contributed by atoms with Crippen LogP contribution >= 0.6 is 0 Å². The van der Waals surface area contributed by atoms with E-state index in [1.807, 2.05) is 18.2 Å². The van der Waals surface area contributed by atoms with Crippen LogP contribution < -0.4 is 0 Å². The van der Waals surface area contributed by atoms with Crippen molar-refractivity contribution in [3.63, 3.8) is 0 Å². The second-order valence-corrected chi connectivity index (χ2v) is 2.87. The van der Waals surface area contributed by atoms with Crippen molar-refractivity contribution >= 4 is 0 Å². The zero-order valence-electron chi connectivity index (χ0n) is 7.44. The summed E-state index contributed by atoms with van der Waals surface area (Å²) >= 11 is 0. The van der Waals surface area contributed by atoms with Crippen LogP contribution in [-0.4, -0.2) is 4.98 Å². The van der Waals surface area contributed by atoms with Gasteiger partial charge in [0.2, 0.25) is 0 Å². The summed E-state index contributed by atoms with van der Waals surface area (Å²) in [6.45, 7) is 0. The van der Waals surface area contributed by atoms with Crippen molar-refractivity contribution in [2.24, 2.45) is 0 Å². The minimum atomic E-state index is 0.671. The lowest BCUT2D eigenvalue weighted by Crippen LogP contribution is -1.79. The average Bonchev–Trinajstić information content (AvgIpc) is 2.30. The van der Waals surface area contributed by atoms with E-state index in [2.05, 4.69) is 17.3 Å². The molecule has 0 aliphatic carbocycles. The smallest absolute Gasteiger partial charge is 0.0991 e. The maximum absolute atomic E-state index is 8.63. The first-order chi connectivity index (χ1) is 6.90. The Morgan fingerprint density at radius 2 is 1.86 bits per heavy atom. The molecule has 0 N–H and O–H groups in total. The maximum Gasteiger partial charge on any atom is 0.0991 e. The standard InChI is InChI=1S/C12H7N2/c13-8-10-3-5-11(6-4-10)12-2-1-7-14-9-12/h1-6,9H. The van der Waals surface area contributed by atoms with Crippen LogP contribution in [0.1, 0.15) is 5.56 Å². The van der Waals surface area contributed by atoms with E-state index in [1.54, 1.807) is 24.4 Å². The number of hydrogen-bond acceptors (Lipinski definition) is 2. The Hall–Kier alpha value is -2.14. The Labute approximate surface area is 82.5 Å². The predicted octanol–water partition coefficient (Wildman–Crippen LogP) is 2.42. The fourth-order valence-corrected chi connectivity index (χ4v) is 1.23. The molecule has 0 unspecified atom stereocenters. The third-order valence-electron chi connectivity index (χ3n) is 1.96. The minimum Gasteiger partial charge on any atom is -0.254 e. The second-order valence-electron chi connectivity index (χ2n) is 2.87. The zero-order valence-corrected chi connectivity index (χ0v) is 7.44. The van der Waals surface area contributed by atoms with Crippen molar-refractivity contribution in [3.8, 4) is 17.2 Å². The van der Waals surface area contributed by atoms with Gasteiger partial charge < -0.3 is 0 Å². The monoisotopic (exact) mass is 179 g/mol. The van der Waals surface area contributed by atoms with Crippen LogP contribution in [0.25, 0.3) is 11.1 Å². The molecule has 1 heterocycles. The molecule has 2 heteroatoms. The summed E-state index contributed by atoms with van der Waals surface area (Å²) in [7, 11) is 0. The van der Waals surface area contributed by atoms with Gasteiger partial charge in [0.05, 0.1) is 17.8 Å². The molecule has 2 aromatic rings. The van der Waals surface area contributed by atoms with Crippen molar-refractivity contribution in [2.75, 3.05) is 0 Å². The zero-order chi connectivity index (χ0) is 9.80. The molecule has 0 spiro atoms. The summed E-state index contributed by atoms with van der Waals surface area (Å²) in [6.07, 6.45) is 4.47. The Kier molecular flexibility index (Phi) is 2.24. The molecule has 1 aromatic carbocycles. The summed E-state index contributed by atoms with van der Waals surface area (Å²) in [5, 5.41) is 8.63. The fraction of sp³-hybridized carbons (Fsp3) is 0. The quantitative estimate of drug-likeness (QED) is 0.674. The highest BCUT2D eigenvalue weighted by atomic mass is 14.6. The van der Waals surface area contributed by atoms with Crippen LogP contribution in [0.2, 0.25) is 0 Å². The van der Waals surface area contributed by atoms with Gasteiger partial charge in [-0.3, -0.25) is 4.98 Å². The molecular weight excluding hydrogens is 172 g/mol. The van der Waals surface area contributed by atoms with Crippen LogP contribution in [0.15, 0.2) is 42.6 Å². The molecule has 65 valence electrons. The lowest BCUT2D eigenvalue weighted by Gasteiger charge is -1.99. The molecule has 0 aliphatic rings. The van der Waals surface area contributed by atoms with Crippen LogP contribution in [0.4, 0.5) is 0 Å². The molecular formula is C12H7N2. The lowest BCUT2D eigenvalue weighted by molar-refractivity contribution is 1.31. The van der Waals surface area contributed by atoms with Crippen LogP contribution in [0.3, 0.4) is 0 Å². The van der Waals surface area contributed by atoms with Crippen molar-refractivity contribution in [2.45, 2.75) is 0 Å². The molecule has 0 saturated carbocycles. The van der Waals surface area contributed by atoms with Gasteiger partial charge in [0.15, 0.2) is 0 Å². The van der Waals surface area contributed by atoms with Crippen molar-refractivity contribution in [1.29, 1.82) is 5.26 Å². The molecule has 2 nitrogen and oxygen atoms in total. The maximum atomic E-state index is 8.63. The van der Waals surface area contributed by atoms with Gasteiger partial charge >= 0.3 is 0 Å². The SMILES string of the molecule is N#Cc1ccc(-c2cc[c]nc2)cc1. The second kappa shape index (κ2) is 3.71. The van der Waals surface area contributed by atoms with E-state index in [0.29, 0.717) is 5.56 Å². The summed E-state index contributed by atoms with van der Waals surface area (Å²) < 4.78 is 0. The predicted molar refractivity (Wildman–Crippen MR) is 53.2 cm³/mol. The molecule has 2 rings (SSSR count). The number of pyridine rings is 1. The number of hydrogen-bond donors (Lipinski definition) is 0. The van der Waals surface area contributed by atoms with Crippen molar-refractivity contribution in [3.05, 3.63) is 54.4 Å². The molecule has 1 radical (unpaired) electrons. The third kappa shape index (κ3) is 1.62. The lowest BCUT2D eigenvalue weighted by atomic mass is 10.1. The van der Waals surface area contributed by atoms with Gasteiger partial charge in [-0.25, -0.2) is 0 Å². The largest absolute Gasteiger partial charge is 0.254 e. The van der Waals surface area contributed by atoms with Crippen LogP contribution in [0, 0.1) is 17.5 Å². The Balaban J connectivity index is 2.40. The Morgan fingerprint density at radius 1 is 1.07 bits per heavy atom. The summed E-state index contributed by atoms with van der Waals surface area (Å²) in [5.74, 6) is 0. The number of nitriles is 1. The average molecular weight is 179 g/mol. The molecule has 0 saturated heterocycles. The highest BCUT2D eigenvalue weighted by Crippen LogP contribution is 2.17. The molecule has 0 aliphatic heterocycles. The van der Waals surface area contributed by atoms with Gasteiger partial charge in [0.25, 0.3) is 0 Å². The Bertz CT molecular complexity index is 452. The first-order valence-corrected chi connectivity index (χ1v) is 4.23. The van der Waals surface area contributed by atoms with Gasteiger partial charge in [-0.15, -0.1) is 0 Å². The van der Waals surface area contributed by atoms with Gasteiger partial charge in [0.1, 0.15) is 0 Å². The fourth-order valence-electron chi connectivity index (χ4n) is 1.23. The molecule has 14 heavy (non-hydrogen) atoms. The van der Waals surface area contributed by atoms with Crippen molar-refractivity contribution in [1.82, 2.24) is 4.98 Å². The first kappa shape index (κ1) is 8.46. The van der Waals surface area contributed by atoms with E-state index in [4.69, 9.17) is 5.26 Å². The van der Waals surface area contributed by atoms with Gasteiger partial charge in [-0.05, 0) is 23.8 Å². The summed E-state index contributed by atoms with van der Waals surface area (Å²) in [6, 6.07) is 13.2. The summed E-state index contributed by atoms with van der Waals surface area (Å²) in [4.78, 5) is 3.91. The molecule has 0 bridgehead atoms. The number of aromatic nitrogens is 1. The van der Waals surface area contributed by atoms with Gasteiger partial charge in [-0.2, -0.15) is 5.26 Å². The number of benzene rings is 1.